The van der Waals surface area contributed by atoms with Crippen molar-refractivity contribution in [2.75, 3.05) is 0 Å². The van der Waals surface area contributed by atoms with Gasteiger partial charge in [-0.05, 0) is 26.2 Å². The lowest BCUT2D eigenvalue weighted by atomic mass is 10.1. The van der Waals surface area contributed by atoms with Crippen LogP contribution in [0.25, 0.3) is 0 Å². The number of nitrogens with zero attached hydrogens (tertiary/aromatic N) is 1. The summed E-state index contributed by atoms with van der Waals surface area (Å²) in [7, 11) is 0. The third-order valence-electron chi connectivity index (χ3n) is 3.96. The van der Waals surface area contributed by atoms with Crippen LogP contribution in [-0.2, 0) is 9.59 Å². The first-order valence-electron chi connectivity index (χ1n) is 6.42. The number of amides is 2. The van der Waals surface area contributed by atoms with Gasteiger partial charge in [0.15, 0.2) is 0 Å². The molecule has 1 aliphatic heterocycles. The number of hydrogen-bond donors (Lipinski definition) is 1. The number of nitrogens with one attached hydrogen (secondary N) is 1. The highest BCUT2D eigenvalue weighted by Crippen LogP contribution is 2.49. The second-order valence-electron chi connectivity index (χ2n) is 5.34. The zero-order valence-electron chi connectivity index (χ0n) is 10.9. The average molecular weight is 278 g/mol. The molecule has 0 bridgehead atoms. The minimum absolute atomic E-state index is 0.0300. The Morgan fingerprint density at radius 2 is 2.00 bits per heavy atom. The van der Waals surface area contributed by atoms with Crippen LogP contribution in [0.1, 0.15) is 39.5 Å². The number of carbonyl (C=O) groups excluding carboxylic acids is 2. The molecule has 2 unspecified atom stereocenters. The minimum Gasteiger partial charge on any atom is -0.292 e. The van der Waals surface area contributed by atoms with E-state index in [1.807, 2.05) is 6.92 Å². The maximum absolute atomic E-state index is 12.8. The van der Waals surface area contributed by atoms with Gasteiger partial charge >= 0.3 is 6.18 Å². The van der Waals surface area contributed by atoms with E-state index in [1.165, 1.54) is 0 Å². The van der Waals surface area contributed by atoms with E-state index in [0.717, 1.165) is 4.90 Å². The SMILES string of the molecule is CCC(C)N1C(=O)CC(NC2(C(F)(F)F)CC2)C1=O. The Morgan fingerprint density at radius 3 is 2.42 bits per heavy atom. The molecular weight excluding hydrogens is 261 g/mol. The van der Waals surface area contributed by atoms with E-state index < -0.39 is 29.6 Å². The molecule has 1 heterocycles. The first kappa shape index (κ1) is 14.3. The summed E-state index contributed by atoms with van der Waals surface area (Å²) in [6.45, 7) is 3.54. The molecule has 0 aromatic carbocycles. The van der Waals surface area contributed by atoms with E-state index in [0.29, 0.717) is 6.42 Å². The standard InChI is InChI=1S/C12H17F3N2O2/c1-3-7(2)17-9(18)6-8(10(17)19)16-11(4-5-11)12(13,14)15/h7-8,16H,3-6H2,1-2H3. The van der Waals surface area contributed by atoms with Gasteiger partial charge in [-0.25, -0.2) is 0 Å². The lowest BCUT2D eigenvalue weighted by molar-refractivity contribution is -0.168. The summed E-state index contributed by atoms with van der Waals surface area (Å²) >= 11 is 0. The Balaban J connectivity index is 2.08. The first-order chi connectivity index (χ1) is 8.72. The summed E-state index contributed by atoms with van der Waals surface area (Å²) in [6.07, 6.45) is -4.02. The lowest BCUT2D eigenvalue weighted by Crippen LogP contribution is -2.52. The van der Waals surface area contributed by atoms with E-state index in [2.05, 4.69) is 5.32 Å². The molecule has 1 aliphatic carbocycles. The molecule has 1 N–H and O–H groups in total. The summed E-state index contributed by atoms with van der Waals surface area (Å²) < 4.78 is 38.5. The smallest absolute Gasteiger partial charge is 0.292 e. The Hall–Kier alpha value is -1.11. The van der Waals surface area contributed by atoms with Gasteiger partial charge in [0.1, 0.15) is 5.54 Å². The van der Waals surface area contributed by atoms with Gasteiger partial charge in [0.25, 0.3) is 0 Å². The lowest BCUT2D eigenvalue weighted by Gasteiger charge is -2.25. The van der Waals surface area contributed by atoms with Crippen molar-refractivity contribution in [1.29, 1.82) is 0 Å². The highest BCUT2D eigenvalue weighted by Gasteiger charge is 2.65. The van der Waals surface area contributed by atoms with Crippen LogP contribution in [0, 0.1) is 0 Å². The van der Waals surface area contributed by atoms with Crippen molar-refractivity contribution in [2.24, 2.45) is 0 Å². The highest BCUT2D eigenvalue weighted by molar-refractivity contribution is 6.05. The molecule has 2 fully saturated rings. The number of carbonyl (C=O) groups is 2. The third kappa shape index (κ3) is 2.35. The summed E-state index contributed by atoms with van der Waals surface area (Å²) in [6, 6.07) is -1.31. The van der Waals surface area contributed by atoms with E-state index in [1.54, 1.807) is 6.92 Å². The van der Waals surface area contributed by atoms with Crippen LogP contribution in [0.3, 0.4) is 0 Å². The number of imide groups is 1. The molecular formula is C12H17F3N2O2. The largest absolute Gasteiger partial charge is 0.406 e. The van der Waals surface area contributed by atoms with Crippen molar-refractivity contribution in [3.8, 4) is 0 Å². The topological polar surface area (TPSA) is 49.4 Å². The fourth-order valence-corrected chi connectivity index (χ4v) is 2.38. The Labute approximate surface area is 109 Å². The fourth-order valence-electron chi connectivity index (χ4n) is 2.38. The van der Waals surface area contributed by atoms with Crippen LogP contribution in [0.5, 0.6) is 0 Å². The van der Waals surface area contributed by atoms with Crippen LogP contribution in [0.4, 0.5) is 13.2 Å². The molecule has 2 amide bonds. The zero-order chi connectivity index (χ0) is 14.4. The van der Waals surface area contributed by atoms with Gasteiger partial charge in [0, 0.05) is 6.04 Å². The molecule has 19 heavy (non-hydrogen) atoms. The Morgan fingerprint density at radius 1 is 1.42 bits per heavy atom. The third-order valence-corrected chi connectivity index (χ3v) is 3.96. The highest BCUT2D eigenvalue weighted by atomic mass is 19.4. The molecule has 108 valence electrons. The summed E-state index contributed by atoms with van der Waals surface area (Å²) in [5, 5.41) is 2.36. The van der Waals surface area contributed by atoms with Crippen LogP contribution < -0.4 is 5.32 Å². The Kier molecular flexibility index (Phi) is 3.36. The van der Waals surface area contributed by atoms with Crippen molar-refractivity contribution in [3.63, 3.8) is 0 Å². The van der Waals surface area contributed by atoms with Crippen LogP contribution in [0.15, 0.2) is 0 Å². The first-order valence-corrected chi connectivity index (χ1v) is 6.42. The number of halogens is 3. The van der Waals surface area contributed by atoms with Gasteiger partial charge in [0.05, 0.1) is 12.5 Å². The Bertz CT molecular complexity index is 404. The van der Waals surface area contributed by atoms with Crippen molar-refractivity contribution < 1.29 is 22.8 Å². The molecule has 0 aromatic rings. The van der Waals surface area contributed by atoms with E-state index in [9.17, 15) is 22.8 Å². The molecule has 2 aliphatic rings. The molecule has 0 aromatic heterocycles. The van der Waals surface area contributed by atoms with Crippen molar-refractivity contribution in [3.05, 3.63) is 0 Å². The quantitative estimate of drug-likeness (QED) is 0.795. The predicted octanol–water partition coefficient (Wildman–Crippen LogP) is 1.60. The molecule has 0 radical (unpaired) electrons. The van der Waals surface area contributed by atoms with Gasteiger partial charge in [-0.1, -0.05) is 6.92 Å². The predicted molar refractivity (Wildman–Crippen MR) is 61.2 cm³/mol. The van der Waals surface area contributed by atoms with E-state index in [4.69, 9.17) is 0 Å². The zero-order valence-corrected chi connectivity index (χ0v) is 10.9. The van der Waals surface area contributed by atoms with Crippen LogP contribution in [0.2, 0.25) is 0 Å². The summed E-state index contributed by atoms with van der Waals surface area (Å²) in [5.74, 6) is -0.926. The number of likely N-dealkylation sites (tertiary alicyclic amines) is 1. The van der Waals surface area contributed by atoms with Gasteiger partial charge in [-0.3, -0.25) is 19.8 Å². The molecule has 2 rings (SSSR count). The summed E-state index contributed by atoms with van der Waals surface area (Å²) in [5.41, 5.74) is -1.96. The molecule has 2 atom stereocenters. The molecule has 0 spiro atoms. The number of hydrogen-bond acceptors (Lipinski definition) is 3. The second-order valence-corrected chi connectivity index (χ2v) is 5.34. The van der Waals surface area contributed by atoms with Gasteiger partial charge in [0.2, 0.25) is 11.8 Å². The van der Waals surface area contributed by atoms with Gasteiger partial charge in [-0.2, -0.15) is 13.2 Å². The second kappa shape index (κ2) is 4.47. The maximum Gasteiger partial charge on any atom is 0.406 e. The molecule has 7 heteroatoms. The maximum atomic E-state index is 12.8. The number of rotatable bonds is 4. The van der Waals surface area contributed by atoms with E-state index in [-0.39, 0.29) is 25.3 Å². The van der Waals surface area contributed by atoms with Crippen molar-refractivity contribution >= 4 is 11.8 Å². The van der Waals surface area contributed by atoms with E-state index >= 15 is 0 Å². The van der Waals surface area contributed by atoms with Crippen LogP contribution >= 0.6 is 0 Å². The number of alkyl halides is 3. The molecule has 1 saturated carbocycles. The van der Waals surface area contributed by atoms with Gasteiger partial charge < -0.3 is 0 Å². The minimum atomic E-state index is -4.37. The van der Waals surface area contributed by atoms with Gasteiger partial charge in [-0.15, -0.1) is 0 Å². The molecule has 1 saturated heterocycles. The average Bonchev–Trinajstić information content (AvgIpc) is 3.02. The molecule has 4 nitrogen and oxygen atoms in total. The normalized spacial score (nSPS) is 27.8. The van der Waals surface area contributed by atoms with Crippen LogP contribution in [-0.4, -0.2) is 40.5 Å². The summed E-state index contributed by atoms with van der Waals surface area (Å²) in [4.78, 5) is 24.8. The van der Waals surface area contributed by atoms with Crippen molar-refractivity contribution in [2.45, 2.75) is 63.3 Å². The fraction of sp³-hybridized carbons (Fsp3) is 0.833. The monoisotopic (exact) mass is 278 g/mol. The van der Waals surface area contributed by atoms with Crippen molar-refractivity contribution in [1.82, 2.24) is 10.2 Å².